The number of methoxy groups -OCH3 is 1. The number of benzene rings is 1. The molecule has 0 unspecified atom stereocenters. The second kappa shape index (κ2) is 5.48. The molecule has 0 spiro atoms. The minimum absolute atomic E-state index is 0.113. The average Bonchev–Trinajstić information content (AvgIpc) is 2.79. The van der Waals surface area contributed by atoms with Crippen molar-refractivity contribution in [2.75, 3.05) is 31.3 Å². The first-order valence-corrected chi connectivity index (χ1v) is 6.40. The van der Waals surface area contributed by atoms with Crippen LogP contribution in [0.2, 0.25) is 0 Å². The fourth-order valence-corrected chi connectivity index (χ4v) is 1.83. The van der Waals surface area contributed by atoms with Crippen molar-refractivity contribution in [1.29, 1.82) is 0 Å². The van der Waals surface area contributed by atoms with E-state index in [0.717, 1.165) is 19.6 Å². The standard InChI is InChI=1S/C14H21N3O2/c1-14(2,7-8-18-3)9-16-13-17-12-10(15)5-4-6-11(12)19-13/h4-6H,7-9,15H2,1-3H3,(H,16,17). The van der Waals surface area contributed by atoms with Crippen molar-refractivity contribution in [2.24, 2.45) is 5.41 Å². The van der Waals surface area contributed by atoms with Gasteiger partial charge in [0.1, 0.15) is 5.52 Å². The Morgan fingerprint density at radius 3 is 2.89 bits per heavy atom. The van der Waals surface area contributed by atoms with E-state index in [-0.39, 0.29) is 5.41 Å². The van der Waals surface area contributed by atoms with E-state index in [9.17, 15) is 0 Å². The summed E-state index contributed by atoms with van der Waals surface area (Å²) in [6.07, 6.45) is 0.971. The number of oxazole rings is 1. The second-order valence-corrected chi connectivity index (χ2v) is 5.47. The molecule has 2 rings (SSSR count). The summed E-state index contributed by atoms with van der Waals surface area (Å²) in [5.41, 5.74) is 8.01. The molecule has 5 nitrogen and oxygen atoms in total. The number of nitrogens with one attached hydrogen (secondary N) is 1. The number of nitrogens with two attached hydrogens (primary N) is 1. The predicted octanol–water partition coefficient (Wildman–Crippen LogP) is 2.88. The topological polar surface area (TPSA) is 73.3 Å². The van der Waals surface area contributed by atoms with Gasteiger partial charge < -0.3 is 20.2 Å². The minimum Gasteiger partial charge on any atom is -0.423 e. The van der Waals surface area contributed by atoms with Crippen LogP contribution in [0.1, 0.15) is 20.3 Å². The van der Waals surface area contributed by atoms with Gasteiger partial charge in [0.2, 0.25) is 0 Å². The number of ether oxygens (including phenoxy) is 1. The van der Waals surface area contributed by atoms with Crippen LogP contribution in [0.25, 0.3) is 11.1 Å². The van der Waals surface area contributed by atoms with Crippen LogP contribution < -0.4 is 11.1 Å². The molecule has 1 aromatic heterocycles. The first-order valence-electron chi connectivity index (χ1n) is 6.40. The van der Waals surface area contributed by atoms with E-state index < -0.39 is 0 Å². The van der Waals surface area contributed by atoms with Gasteiger partial charge in [-0.3, -0.25) is 0 Å². The zero-order chi connectivity index (χ0) is 13.9. The van der Waals surface area contributed by atoms with Crippen molar-refractivity contribution in [1.82, 2.24) is 4.98 Å². The van der Waals surface area contributed by atoms with Crippen molar-refractivity contribution in [2.45, 2.75) is 20.3 Å². The Balaban J connectivity index is 2.04. The second-order valence-electron chi connectivity index (χ2n) is 5.47. The molecular weight excluding hydrogens is 242 g/mol. The van der Waals surface area contributed by atoms with Crippen LogP contribution in [-0.2, 0) is 4.74 Å². The molecule has 5 heteroatoms. The van der Waals surface area contributed by atoms with Gasteiger partial charge in [-0.05, 0) is 24.0 Å². The lowest BCUT2D eigenvalue weighted by molar-refractivity contribution is 0.156. The lowest BCUT2D eigenvalue weighted by atomic mass is 9.90. The molecule has 1 heterocycles. The summed E-state index contributed by atoms with van der Waals surface area (Å²) in [5.74, 6) is 0. The zero-order valence-corrected chi connectivity index (χ0v) is 11.7. The summed E-state index contributed by atoms with van der Waals surface area (Å²) in [7, 11) is 1.72. The summed E-state index contributed by atoms with van der Waals surface area (Å²) in [4.78, 5) is 4.36. The molecule has 0 aliphatic heterocycles. The van der Waals surface area contributed by atoms with Gasteiger partial charge in [0.25, 0.3) is 6.01 Å². The van der Waals surface area contributed by atoms with Gasteiger partial charge in [-0.1, -0.05) is 19.9 Å². The van der Waals surface area contributed by atoms with E-state index in [1.54, 1.807) is 7.11 Å². The third-order valence-electron chi connectivity index (χ3n) is 3.15. The number of fused-ring (bicyclic) bond motifs is 1. The third-order valence-corrected chi connectivity index (χ3v) is 3.15. The predicted molar refractivity (Wildman–Crippen MR) is 77.2 cm³/mol. The van der Waals surface area contributed by atoms with E-state index in [1.165, 1.54) is 0 Å². The number of aromatic nitrogens is 1. The Bertz CT molecular complexity index is 549. The van der Waals surface area contributed by atoms with Crippen LogP contribution >= 0.6 is 0 Å². The van der Waals surface area contributed by atoms with Crippen LogP contribution in [0.5, 0.6) is 0 Å². The normalized spacial score (nSPS) is 11.9. The molecule has 0 fully saturated rings. The van der Waals surface area contributed by atoms with Gasteiger partial charge in [-0.15, -0.1) is 0 Å². The Morgan fingerprint density at radius 1 is 1.42 bits per heavy atom. The highest BCUT2D eigenvalue weighted by atomic mass is 16.5. The largest absolute Gasteiger partial charge is 0.423 e. The summed E-state index contributed by atoms with van der Waals surface area (Å²) < 4.78 is 10.7. The molecule has 0 amide bonds. The lowest BCUT2D eigenvalue weighted by Crippen LogP contribution is -2.24. The Hall–Kier alpha value is -1.75. The maximum atomic E-state index is 5.85. The minimum atomic E-state index is 0.113. The van der Waals surface area contributed by atoms with Crippen LogP contribution in [0.4, 0.5) is 11.7 Å². The number of nitrogens with zero attached hydrogens (tertiary/aromatic N) is 1. The Labute approximate surface area is 113 Å². The van der Waals surface area contributed by atoms with E-state index >= 15 is 0 Å². The van der Waals surface area contributed by atoms with Crippen LogP contribution in [0.15, 0.2) is 22.6 Å². The van der Waals surface area contributed by atoms with Gasteiger partial charge in [0.15, 0.2) is 5.58 Å². The van der Waals surface area contributed by atoms with E-state index in [4.69, 9.17) is 14.9 Å². The maximum Gasteiger partial charge on any atom is 0.295 e. The number of hydrogen-bond donors (Lipinski definition) is 2. The molecule has 0 radical (unpaired) electrons. The molecule has 0 atom stereocenters. The molecule has 0 bridgehead atoms. The summed E-state index contributed by atoms with van der Waals surface area (Å²) >= 11 is 0. The van der Waals surface area contributed by atoms with Crippen LogP contribution in [0.3, 0.4) is 0 Å². The fraction of sp³-hybridized carbons (Fsp3) is 0.500. The number of anilines is 2. The van der Waals surface area contributed by atoms with Crippen molar-refractivity contribution >= 4 is 22.8 Å². The van der Waals surface area contributed by atoms with Gasteiger partial charge in [0.05, 0.1) is 5.69 Å². The van der Waals surface area contributed by atoms with Crippen molar-refractivity contribution in [3.05, 3.63) is 18.2 Å². The Morgan fingerprint density at radius 2 is 2.21 bits per heavy atom. The molecule has 0 aliphatic rings. The van der Waals surface area contributed by atoms with E-state index in [0.29, 0.717) is 22.8 Å². The molecule has 0 aliphatic carbocycles. The molecule has 0 saturated carbocycles. The highest BCUT2D eigenvalue weighted by Crippen LogP contribution is 2.25. The number of nitrogen functional groups attached to an aromatic ring is 1. The molecule has 1 aromatic carbocycles. The molecule has 3 N–H and O–H groups in total. The SMILES string of the molecule is COCCC(C)(C)CNc1nc2c(N)cccc2o1. The van der Waals surface area contributed by atoms with Gasteiger partial charge in [0, 0.05) is 20.3 Å². The summed E-state index contributed by atoms with van der Waals surface area (Å²) in [6.45, 7) is 5.87. The van der Waals surface area contributed by atoms with Gasteiger partial charge >= 0.3 is 0 Å². The number of hydrogen-bond acceptors (Lipinski definition) is 5. The van der Waals surface area contributed by atoms with Crippen molar-refractivity contribution in [3.63, 3.8) is 0 Å². The summed E-state index contributed by atoms with van der Waals surface area (Å²) in [6, 6.07) is 6.05. The van der Waals surface area contributed by atoms with Crippen LogP contribution in [0, 0.1) is 5.41 Å². The lowest BCUT2D eigenvalue weighted by Gasteiger charge is -2.23. The van der Waals surface area contributed by atoms with Crippen molar-refractivity contribution < 1.29 is 9.15 Å². The quantitative estimate of drug-likeness (QED) is 0.784. The average molecular weight is 263 g/mol. The summed E-state index contributed by atoms with van der Waals surface area (Å²) in [5, 5.41) is 3.22. The van der Waals surface area contributed by atoms with Gasteiger partial charge in [-0.25, -0.2) is 0 Å². The smallest absolute Gasteiger partial charge is 0.295 e. The third kappa shape index (κ3) is 3.38. The first kappa shape index (κ1) is 13.7. The molecule has 0 saturated heterocycles. The molecule has 2 aromatic rings. The monoisotopic (exact) mass is 263 g/mol. The van der Waals surface area contributed by atoms with Crippen molar-refractivity contribution in [3.8, 4) is 0 Å². The fourth-order valence-electron chi connectivity index (χ4n) is 1.83. The maximum absolute atomic E-state index is 5.85. The van der Waals surface area contributed by atoms with E-state index in [2.05, 4.69) is 24.1 Å². The number of para-hydroxylation sites is 1. The number of rotatable bonds is 6. The molecule has 19 heavy (non-hydrogen) atoms. The highest BCUT2D eigenvalue weighted by Gasteiger charge is 2.18. The Kier molecular flexibility index (Phi) is 3.95. The highest BCUT2D eigenvalue weighted by molar-refractivity contribution is 5.86. The van der Waals surface area contributed by atoms with Crippen LogP contribution in [-0.4, -0.2) is 25.2 Å². The molecule has 104 valence electrons. The zero-order valence-electron chi connectivity index (χ0n) is 11.7. The molecular formula is C14H21N3O2. The first-order chi connectivity index (χ1) is 9.02. The van der Waals surface area contributed by atoms with E-state index in [1.807, 2.05) is 18.2 Å². The van der Waals surface area contributed by atoms with Gasteiger partial charge in [-0.2, -0.15) is 4.98 Å².